The van der Waals surface area contributed by atoms with E-state index in [0.29, 0.717) is 134 Å². The lowest BCUT2D eigenvalue weighted by Crippen LogP contribution is -2.51. The summed E-state index contributed by atoms with van der Waals surface area (Å²) in [6.07, 6.45) is 2.98. The van der Waals surface area contributed by atoms with Crippen LogP contribution in [0, 0.1) is 0 Å². The Morgan fingerprint density at radius 3 is 1.18 bits per heavy atom. The predicted octanol–water partition coefficient (Wildman–Crippen LogP) is -0.763. The quantitative estimate of drug-likeness (QED) is 0.220. The van der Waals surface area contributed by atoms with E-state index in [9.17, 15) is 9.59 Å². The van der Waals surface area contributed by atoms with Gasteiger partial charge in [-0.2, -0.15) is 9.97 Å². The van der Waals surface area contributed by atoms with Crippen molar-refractivity contribution in [2.24, 2.45) is 0 Å². The third kappa shape index (κ3) is 11.1. The van der Waals surface area contributed by atoms with Crippen LogP contribution in [0.4, 0.5) is 23.5 Å². The van der Waals surface area contributed by atoms with Crippen molar-refractivity contribution < 1.29 is 59.9 Å². The SMILES string of the molecule is COc1cc2nc(N3CCN(C(=O)C4CCCO4)CC3)nc(N)c2cc1OC.COc1cc2nc(N3CCN(C(=O)C4CCCO4)CC3)nc(N)c2cc1OC.Cl.O.O.O.O. The number of fused-ring (bicyclic) bond motifs is 2. The number of hydrogen-bond acceptors (Lipinski definition) is 16. The van der Waals surface area contributed by atoms with Gasteiger partial charge in [-0.25, -0.2) is 9.97 Å². The second kappa shape index (κ2) is 22.9. The van der Waals surface area contributed by atoms with Crippen molar-refractivity contribution in [2.45, 2.75) is 37.9 Å². The van der Waals surface area contributed by atoms with Gasteiger partial charge in [-0.3, -0.25) is 9.59 Å². The van der Waals surface area contributed by atoms with Gasteiger partial charge in [-0.15, -0.1) is 12.4 Å². The largest absolute Gasteiger partial charge is 0.493 e. The van der Waals surface area contributed by atoms with Gasteiger partial charge in [-0.1, -0.05) is 0 Å². The van der Waals surface area contributed by atoms with E-state index < -0.39 is 0 Å². The average Bonchev–Trinajstić information content (AvgIpc) is 3.99. The van der Waals surface area contributed by atoms with Crippen molar-refractivity contribution in [2.75, 3.05) is 115 Å². The fourth-order valence-corrected chi connectivity index (χ4v) is 7.42. The molecule has 2 aromatic heterocycles. The van der Waals surface area contributed by atoms with E-state index in [4.69, 9.17) is 39.9 Å². The van der Waals surface area contributed by atoms with Crippen molar-refractivity contribution in [3.8, 4) is 23.0 Å². The van der Waals surface area contributed by atoms with E-state index in [1.807, 2.05) is 19.6 Å². The van der Waals surface area contributed by atoms with Crippen molar-refractivity contribution in [1.82, 2.24) is 29.7 Å². The van der Waals surface area contributed by atoms with Gasteiger partial charge in [0, 0.05) is 88.5 Å². The second-order valence-electron chi connectivity index (χ2n) is 13.9. The molecule has 2 amide bonds. The minimum absolute atomic E-state index is 0. The van der Waals surface area contributed by atoms with Crippen LogP contribution >= 0.6 is 12.4 Å². The molecule has 22 nitrogen and oxygen atoms in total. The molecule has 340 valence electrons. The number of aromatic nitrogens is 4. The maximum absolute atomic E-state index is 12.5. The molecule has 0 radical (unpaired) electrons. The molecular formula is C38H59ClN10O12. The minimum Gasteiger partial charge on any atom is -0.493 e. The van der Waals surface area contributed by atoms with Gasteiger partial charge in [-0.05, 0) is 37.8 Å². The number of nitrogens with zero attached hydrogens (tertiary/aromatic N) is 8. The number of methoxy groups -OCH3 is 4. The number of amides is 2. The molecular weight excluding hydrogens is 824 g/mol. The molecule has 0 aliphatic carbocycles. The number of anilines is 4. The maximum atomic E-state index is 12.5. The number of halogens is 1. The first-order chi connectivity index (χ1) is 27.2. The fraction of sp³-hybridized carbons (Fsp3) is 0.526. The molecule has 4 aromatic rings. The van der Waals surface area contributed by atoms with E-state index in [1.165, 1.54) is 0 Å². The Bertz CT molecular complexity index is 1920. The lowest BCUT2D eigenvalue weighted by molar-refractivity contribution is -0.141. The lowest BCUT2D eigenvalue weighted by atomic mass is 10.2. The number of piperazine rings is 2. The van der Waals surface area contributed by atoms with Crippen LogP contribution in [-0.4, -0.2) is 170 Å². The smallest absolute Gasteiger partial charge is 0.251 e. The third-order valence-electron chi connectivity index (χ3n) is 10.6. The van der Waals surface area contributed by atoms with Crippen LogP contribution in [0.1, 0.15) is 25.7 Å². The molecule has 12 N–H and O–H groups in total. The zero-order chi connectivity index (χ0) is 39.3. The predicted molar refractivity (Wildman–Crippen MR) is 231 cm³/mol. The number of rotatable bonds is 8. The summed E-state index contributed by atoms with van der Waals surface area (Å²) in [4.78, 5) is 51.1. The van der Waals surface area contributed by atoms with E-state index in [1.54, 1.807) is 52.7 Å². The van der Waals surface area contributed by atoms with E-state index >= 15 is 0 Å². The van der Waals surface area contributed by atoms with E-state index in [-0.39, 0.29) is 58.3 Å². The minimum atomic E-state index is -0.276. The molecule has 0 bridgehead atoms. The molecule has 0 saturated carbocycles. The van der Waals surface area contributed by atoms with Crippen molar-refractivity contribution in [3.63, 3.8) is 0 Å². The Hall–Kier alpha value is -5.49. The highest BCUT2D eigenvalue weighted by atomic mass is 35.5. The Kier molecular flexibility index (Phi) is 19.4. The first kappa shape index (κ1) is 51.7. The second-order valence-corrected chi connectivity index (χ2v) is 13.9. The molecule has 6 heterocycles. The van der Waals surface area contributed by atoms with Gasteiger partial charge in [0.2, 0.25) is 11.9 Å². The summed E-state index contributed by atoms with van der Waals surface area (Å²) >= 11 is 0. The molecule has 4 aliphatic heterocycles. The fourth-order valence-electron chi connectivity index (χ4n) is 7.42. The van der Waals surface area contributed by atoms with Crippen molar-refractivity contribution >= 4 is 69.6 Å². The number of ether oxygens (including phenoxy) is 6. The summed E-state index contributed by atoms with van der Waals surface area (Å²) < 4.78 is 32.4. The molecule has 4 fully saturated rings. The van der Waals surface area contributed by atoms with E-state index in [0.717, 1.165) is 25.7 Å². The summed E-state index contributed by atoms with van der Waals surface area (Å²) in [6.45, 7) is 6.42. The number of benzene rings is 2. The van der Waals surface area contributed by atoms with Gasteiger partial charge >= 0.3 is 0 Å². The highest BCUT2D eigenvalue weighted by Crippen LogP contribution is 2.35. The Morgan fingerprint density at radius 1 is 0.557 bits per heavy atom. The van der Waals surface area contributed by atoms with Crippen LogP contribution in [0.15, 0.2) is 24.3 Å². The summed E-state index contributed by atoms with van der Waals surface area (Å²) in [5, 5.41) is 1.43. The van der Waals surface area contributed by atoms with Gasteiger partial charge in [0.05, 0.1) is 39.5 Å². The van der Waals surface area contributed by atoms with Gasteiger partial charge < -0.3 is 81.4 Å². The highest BCUT2D eigenvalue weighted by molar-refractivity contribution is 5.93. The lowest BCUT2D eigenvalue weighted by Gasteiger charge is -2.35. The molecule has 4 saturated heterocycles. The van der Waals surface area contributed by atoms with Gasteiger partial charge in [0.25, 0.3) is 11.8 Å². The van der Waals surface area contributed by atoms with Crippen molar-refractivity contribution in [1.29, 1.82) is 0 Å². The number of nitrogens with two attached hydrogens (primary N) is 2. The normalized spacial score (nSPS) is 18.2. The molecule has 61 heavy (non-hydrogen) atoms. The molecule has 2 unspecified atom stereocenters. The van der Waals surface area contributed by atoms with Crippen LogP contribution in [-0.2, 0) is 19.1 Å². The number of nitrogen functional groups attached to an aromatic ring is 2. The summed E-state index contributed by atoms with van der Waals surface area (Å²) in [5.41, 5.74) is 13.7. The first-order valence-electron chi connectivity index (χ1n) is 18.9. The zero-order valence-electron chi connectivity index (χ0n) is 34.8. The van der Waals surface area contributed by atoms with Crippen LogP contribution in [0.25, 0.3) is 21.8 Å². The highest BCUT2D eigenvalue weighted by Gasteiger charge is 2.32. The average molecular weight is 883 g/mol. The number of hydrogen-bond donors (Lipinski definition) is 2. The molecule has 8 rings (SSSR count). The van der Waals surface area contributed by atoms with Crippen LogP contribution in [0.3, 0.4) is 0 Å². The van der Waals surface area contributed by atoms with Gasteiger partial charge in [0.15, 0.2) is 23.0 Å². The maximum Gasteiger partial charge on any atom is 0.251 e. The third-order valence-corrected chi connectivity index (χ3v) is 10.6. The van der Waals surface area contributed by atoms with Crippen LogP contribution in [0.5, 0.6) is 23.0 Å². The molecule has 2 aromatic carbocycles. The zero-order valence-corrected chi connectivity index (χ0v) is 35.6. The Morgan fingerprint density at radius 2 is 0.885 bits per heavy atom. The van der Waals surface area contributed by atoms with E-state index in [2.05, 4.69) is 19.9 Å². The molecule has 2 atom stereocenters. The molecule has 0 spiro atoms. The first-order valence-corrected chi connectivity index (χ1v) is 18.9. The van der Waals surface area contributed by atoms with Crippen molar-refractivity contribution in [3.05, 3.63) is 24.3 Å². The topological polar surface area (TPSA) is 332 Å². The number of carbonyl (C=O) groups excluding carboxylic acids is 2. The summed E-state index contributed by atoms with van der Waals surface area (Å²) in [6, 6.07) is 7.16. The Labute approximate surface area is 359 Å². The summed E-state index contributed by atoms with van der Waals surface area (Å²) in [7, 11) is 6.32. The molecule has 23 heteroatoms. The van der Waals surface area contributed by atoms with Crippen LogP contribution in [0.2, 0.25) is 0 Å². The van der Waals surface area contributed by atoms with Crippen LogP contribution < -0.4 is 40.2 Å². The standard InChI is InChI=1S/2C19H25N5O4.ClH.4H2O/c2*1-26-15-10-12-13(11-16(15)27-2)21-19(22-17(12)20)24-7-5-23(6-8-24)18(25)14-4-3-9-28-14;;;;;/h2*10-11,14H,3-9H2,1-2H3,(H2,20,21,22);1H;4*1H2. The van der Waals surface area contributed by atoms with Gasteiger partial charge in [0.1, 0.15) is 23.8 Å². The monoisotopic (exact) mass is 882 g/mol. The molecule has 4 aliphatic rings. The summed E-state index contributed by atoms with van der Waals surface area (Å²) in [5.74, 6) is 4.41. The number of carbonyl (C=O) groups is 2. The Balaban J connectivity index is 0.000000388.